The van der Waals surface area contributed by atoms with Gasteiger partial charge in [0.05, 0.1) is 0 Å². The van der Waals surface area contributed by atoms with Crippen molar-refractivity contribution in [1.29, 1.82) is 0 Å². The Morgan fingerprint density at radius 2 is 2.00 bits per heavy atom. The molecule has 0 radical (unpaired) electrons. The summed E-state index contributed by atoms with van der Waals surface area (Å²) in [5.41, 5.74) is 0. The lowest BCUT2D eigenvalue weighted by Gasteiger charge is -2.28. The monoisotopic (exact) mass is 326 g/mol. The number of nitrogens with one attached hydrogen (secondary N) is 1. The van der Waals surface area contributed by atoms with Gasteiger partial charge in [-0.25, -0.2) is 0 Å². The number of nitrogens with zero attached hydrogens (tertiary/aromatic N) is 5. The molecule has 3 rings (SSSR count). The van der Waals surface area contributed by atoms with Crippen molar-refractivity contribution in [1.82, 2.24) is 25.2 Å². The molecule has 3 heterocycles. The van der Waals surface area contributed by atoms with Crippen molar-refractivity contribution in [2.75, 3.05) is 44.7 Å². The second kappa shape index (κ2) is 6.93. The van der Waals surface area contributed by atoms with Crippen molar-refractivity contribution < 1.29 is 4.74 Å². The summed E-state index contributed by atoms with van der Waals surface area (Å²) in [5.74, 6) is 0.600. The van der Waals surface area contributed by atoms with E-state index in [0.29, 0.717) is 18.0 Å². The predicted octanol–water partition coefficient (Wildman–Crippen LogP) is 0.796. The van der Waals surface area contributed by atoms with Gasteiger partial charge < -0.3 is 15.0 Å². The summed E-state index contributed by atoms with van der Waals surface area (Å²) in [6, 6.07) is 0.722. The smallest absolute Gasteiger partial charge is 0.322 e. The largest absolute Gasteiger partial charge is 0.459 e. The van der Waals surface area contributed by atoms with E-state index < -0.39 is 0 Å². The minimum Gasteiger partial charge on any atom is -0.459 e. The second-order valence-corrected chi connectivity index (χ2v) is 6.28. The SMILES string of the molecule is C[C@H](Oc1nc(Cl)nc(N2CCNCC2)n1)[C@@H]1CCCN1C. The molecule has 0 saturated carbocycles. The number of rotatable bonds is 4. The number of hydrogen-bond acceptors (Lipinski definition) is 7. The zero-order valence-corrected chi connectivity index (χ0v) is 13.9. The summed E-state index contributed by atoms with van der Waals surface area (Å²) in [6.45, 7) is 6.74. The maximum atomic E-state index is 6.05. The minimum absolute atomic E-state index is 0.0295. The Labute approximate surface area is 136 Å². The second-order valence-electron chi connectivity index (χ2n) is 5.94. The van der Waals surface area contributed by atoms with Crippen LogP contribution in [0.2, 0.25) is 5.28 Å². The fourth-order valence-corrected chi connectivity index (χ4v) is 3.30. The van der Waals surface area contributed by atoms with Crippen LogP contribution in [0.3, 0.4) is 0 Å². The molecule has 2 fully saturated rings. The third-order valence-corrected chi connectivity index (χ3v) is 4.55. The van der Waals surface area contributed by atoms with Crippen molar-refractivity contribution in [3.8, 4) is 6.01 Å². The summed E-state index contributed by atoms with van der Waals surface area (Å²) < 4.78 is 5.95. The highest BCUT2D eigenvalue weighted by Crippen LogP contribution is 2.22. The summed E-state index contributed by atoms with van der Waals surface area (Å²) in [6.07, 6.45) is 2.38. The molecule has 1 aromatic heterocycles. The van der Waals surface area contributed by atoms with Crippen LogP contribution in [0, 0.1) is 0 Å². The normalized spacial score (nSPS) is 24.5. The first-order valence-electron chi connectivity index (χ1n) is 7.87. The summed E-state index contributed by atoms with van der Waals surface area (Å²) >= 11 is 6.05. The number of anilines is 1. The third kappa shape index (κ3) is 3.59. The molecule has 0 spiro atoms. The van der Waals surface area contributed by atoms with Gasteiger partial charge in [0, 0.05) is 32.2 Å². The van der Waals surface area contributed by atoms with Crippen LogP contribution in [0.15, 0.2) is 0 Å². The molecule has 8 heteroatoms. The fraction of sp³-hybridized carbons (Fsp3) is 0.786. The van der Waals surface area contributed by atoms with Gasteiger partial charge in [0.2, 0.25) is 11.2 Å². The molecule has 2 aliphatic rings. The number of likely N-dealkylation sites (N-methyl/N-ethyl adjacent to an activating group) is 1. The summed E-state index contributed by atoms with van der Waals surface area (Å²) in [4.78, 5) is 17.2. The van der Waals surface area contributed by atoms with Crippen molar-refractivity contribution >= 4 is 17.5 Å². The van der Waals surface area contributed by atoms with Gasteiger partial charge in [0.1, 0.15) is 6.10 Å². The van der Waals surface area contributed by atoms with Gasteiger partial charge in [-0.2, -0.15) is 15.0 Å². The lowest BCUT2D eigenvalue weighted by atomic mass is 10.1. The predicted molar refractivity (Wildman–Crippen MR) is 85.7 cm³/mol. The Morgan fingerprint density at radius 3 is 2.68 bits per heavy atom. The minimum atomic E-state index is 0.0295. The fourth-order valence-electron chi connectivity index (χ4n) is 3.15. The number of likely N-dealkylation sites (tertiary alicyclic amines) is 1. The highest BCUT2D eigenvalue weighted by atomic mass is 35.5. The van der Waals surface area contributed by atoms with Gasteiger partial charge in [-0.3, -0.25) is 4.90 Å². The molecule has 122 valence electrons. The van der Waals surface area contributed by atoms with Crippen molar-refractivity contribution in [3.05, 3.63) is 5.28 Å². The van der Waals surface area contributed by atoms with Gasteiger partial charge >= 0.3 is 6.01 Å². The summed E-state index contributed by atoms with van der Waals surface area (Å²) in [7, 11) is 2.13. The molecule has 2 atom stereocenters. The van der Waals surface area contributed by atoms with Crippen molar-refractivity contribution in [2.45, 2.75) is 31.9 Å². The Balaban J connectivity index is 1.71. The average molecular weight is 327 g/mol. The molecule has 0 unspecified atom stereocenters. The third-order valence-electron chi connectivity index (χ3n) is 4.39. The molecule has 0 amide bonds. The molecule has 0 aromatic carbocycles. The Bertz CT molecular complexity index is 510. The lowest BCUT2D eigenvalue weighted by molar-refractivity contribution is 0.111. The van der Waals surface area contributed by atoms with Crippen LogP contribution in [-0.2, 0) is 0 Å². The first-order valence-corrected chi connectivity index (χ1v) is 8.25. The Hall–Kier alpha value is -1.18. The molecule has 7 nitrogen and oxygen atoms in total. The van der Waals surface area contributed by atoms with E-state index in [9.17, 15) is 0 Å². The standard InChI is InChI=1S/C14H23ClN6O/c1-10(11-4-3-7-20(11)2)22-14-18-12(15)17-13(19-14)21-8-5-16-6-9-21/h10-11,16H,3-9H2,1-2H3/t10-,11-/m0/s1. The molecular formula is C14H23ClN6O. The quantitative estimate of drug-likeness (QED) is 0.877. The van der Waals surface area contributed by atoms with Crippen LogP contribution in [0.5, 0.6) is 6.01 Å². The van der Waals surface area contributed by atoms with Gasteiger partial charge in [0.25, 0.3) is 0 Å². The van der Waals surface area contributed by atoms with Crippen molar-refractivity contribution in [2.24, 2.45) is 0 Å². The lowest BCUT2D eigenvalue weighted by Crippen LogP contribution is -2.44. The zero-order valence-electron chi connectivity index (χ0n) is 13.1. The van der Waals surface area contributed by atoms with E-state index in [-0.39, 0.29) is 11.4 Å². The van der Waals surface area contributed by atoms with Gasteiger partial charge in [-0.1, -0.05) is 0 Å². The van der Waals surface area contributed by atoms with Gasteiger partial charge in [-0.05, 0) is 45.0 Å². The number of piperazine rings is 1. The molecule has 1 aromatic rings. The highest BCUT2D eigenvalue weighted by molar-refractivity contribution is 6.28. The van der Waals surface area contributed by atoms with Crippen LogP contribution in [0.25, 0.3) is 0 Å². The van der Waals surface area contributed by atoms with Crippen LogP contribution >= 0.6 is 11.6 Å². The van der Waals surface area contributed by atoms with E-state index in [1.165, 1.54) is 6.42 Å². The maximum absolute atomic E-state index is 6.05. The number of hydrogen-bond donors (Lipinski definition) is 1. The van der Waals surface area contributed by atoms with Crippen LogP contribution < -0.4 is 15.0 Å². The van der Waals surface area contributed by atoms with E-state index in [4.69, 9.17) is 16.3 Å². The average Bonchev–Trinajstić information content (AvgIpc) is 2.94. The van der Waals surface area contributed by atoms with E-state index >= 15 is 0 Å². The number of halogens is 1. The Morgan fingerprint density at radius 1 is 1.23 bits per heavy atom. The van der Waals surface area contributed by atoms with Crippen LogP contribution in [0.1, 0.15) is 19.8 Å². The summed E-state index contributed by atoms with van der Waals surface area (Å²) in [5, 5.41) is 3.49. The number of ether oxygens (including phenoxy) is 1. The highest BCUT2D eigenvalue weighted by Gasteiger charge is 2.28. The van der Waals surface area contributed by atoms with Gasteiger partial charge in [0.15, 0.2) is 0 Å². The topological polar surface area (TPSA) is 66.4 Å². The molecule has 2 aliphatic heterocycles. The molecule has 1 N–H and O–H groups in total. The van der Waals surface area contributed by atoms with E-state index in [1.54, 1.807) is 0 Å². The van der Waals surface area contributed by atoms with E-state index in [2.05, 4.69) is 44.0 Å². The maximum Gasteiger partial charge on any atom is 0.322 e. The Kier molecular flexibility index (Phi) is 4.95. The van der Waals surface area contributed by atoms with Crippen LogP contribution in [0.4, 0.5) is 5.95 Å². The molecule has 0 aliphatic carbocycles. The van der Waals surface area contributed by atoms with Gasteiger partial charge in [-0.15, -0.1) is 0 Å². The molecule has 0 bridgehead atoms. The first-order chi connectivity index (χ1) is 10.6. The number of aromatic nitrogens is 3. The van der Waals surface area contributed by atoms with Crippen LogP contribution in [-0.4, -0.2) is 71.8 Å². The zero-order chi connectivity index (χ0) is 15.5. The molecule has 2 saturated heterocycles. The first kappa shape index (κ1) is 15.7. The molecule has 22 heavy (non-hydrogen) atoms. The molecular weight excluding hydrogens is 304 g/mol. The van der Waals surface area contributed by atoms with Crippen molar-refractivity contribution in [3.63, 3.8) is 0 Å². The van der Waals surface area contributed by atoms with E-state index in [0.717, 1.165) is 39.1 Å². The van der Waals surface area contributed by atoms with E-state index in [1.807, 2.05) is 0 Å².